The zero-order valence-electron chi connectivity index (χ0n) is 24.5. The number of anilines is 2. The molecule has 1 N–H and O–H groups in total. The van der Waals surface area contributed by atoms with Crippen molar-refractivity contribution in [2.75, 3.05) is 23.3 Å². The normalized spacial score (nSPS) is 15.2. The summed E-state index contributed by atoms with van der Waals surface area (Å²) in [6.45, 7) is 8.76. The number of rotatable bonds is 10. The van der Waals surface area contributed by atoms with Crippen molar-refractivity contribution in [3.63, 3.8) is 0 Å². The molecule has 0 aromatic heterocycles. The molecule has 41 heavy (non-hydrogen) atoms. The zero-order valence-corrected chi connectivity index (χ0v) is 24.5. The molecule has 0 fully saturated rings. The maximum Gasteiger partial charge on any atom is 0.196 e. The van der Waals surface area contributed by atoms with Crippen LogP contribution in [-0.4, -0.2) is 13.1 Å². The van der Waals surface area contributed by atoms with Crippen LogP contribution < -0.4 is 15.0 Å². The van der Waals surface area contributed by atoms with Crippen molar-refractivity contribution in [3.8, 4) is 5.75 Å². The van der Waals surface area contributed by atoms with Crippen molar-refractivity contribution in [1.82, 2.24) is 0 Å². The molecule has 0 saturated heterocycles. The second-order valence-electron chi connectivity index (χ2n) is 11.5. The summed E-state index contributed by atoms with van der Waals surface area (Å²) in [6.07, 6.45) is 6.24. The van der Waals surface area contributed by atoms with Gasteiger partial charge in [0, 0.05) is 29.6 Å². The van der Waals surface area contributed by atoms with Gasteiger partial charge in [-0.1, -0.05) is 112 Å². The third kappa shape index (κ3) is 5.29. The minimum Gasteiger partial charge on any atom is -0.438 e. The van der Waals surface area contributed by atoms with Crippen LogP contribution in [0.1, 0.15) is 51.2 Å². The van der Waals surface area contributed by atoms with Crippen LogP contribution in [0.2, 0.25) is 0 Å². The molecule has 0 amide bonds. The van der Waals surface area contributed by atoms with E-state index in [1.54, 1.807) is 0 Å². The fraction of sp³-hybridized carbons (Fsp3) is 0.263. The number of allylic oxidation sites excluding steroid dienone is 1. The summed E-state index contributed by atoms with van der Waals surface area (Å²) in [4.78, 5) is 2.37. The Hall–Kier alpha value is -4.24. The molecule has 5 aromatic rings. The molecule has 3 nitrogen and oxygen atoms in total. The molecule has 1 heterocycles. The van der Waals surface area contributed by atoms with Crippen LogP contribution in [0, 0.1) is 0 Å². The first kappa shape index (κ1) is 27.0. The number of ether oxygens (including phenoxy) is 1. The molecule has 1 aliphatic heterocycles. The Morgan fingerprint density at radius 2 is 1.44 bits per heavy atom. The number of hydrogen-bond acceptors (Lipinski definition) is 3. The third-order valence-corrected chi connectivity index (χ3v) is 8.33. The Morgan fingerprint density at radius 1 is 0.756 bits per heavy atom. The van der Waals surface area contributed by atoms with Crippen LogP contribution >= 0.6 is 0 Å². The summed E-state index contributed by atoms with van der Waals surface area (Å²) in [7, 11) is 0. The van der Waals surface area contributed by atoms with E-state index in [-0.39, 0.29) is 5.41 Å². The second-order valence-corrected chi connectivity index (χ2v) is 11.5. The lowest BCUT2D eigenvalue weighted by molar-refractivity contribution is 0.423. The first-order chi connectivity index (χ1) is 20.1. The molecule has 0 saturated carbocycles. The van der Waals surface area contributed by atoms with E-state index in [2.05, 4.69) is 140 Å². The molecule has 0 spiro atoms. The Morgan fingerprint density at radius 3 is 2.20 bits per heavy atom. The van der Waals surface area contributed by atoms with Crippen LogP contribution in [0.4, 0.5) is 11.4 Å². The van der Waals surface area contributed by atoms with Gasteiger partial charge in [-0.15, -0.1) is 0 Å². The van der Waals surface area contributed by atoms with Crippen molar-refractivity contribution >= 4 is 32.9 Å². The first-order valence-corrected chi connectivity index (χ1v) is 15.1. The van der Waals surface area contributed by atoms with Gasteiger partial charge in [-0.05, 0) is 71.2 Å². The lowest BCUT2D eigenvalue weighted by Gasteiger charge is -2.33. The molecule has 3 heteroatoms. The SMILES string of the molecule is CCCNc1ccc2ccccc2c1C(C)(C/C=C1\Oc2c(ccc3ccccc23)N1CCC)Cc1ccccc1. The maximum absolute atomic E-state index is 6.72. The first-order valence-electron chi connectivity index (χ1n) is 15.1. The summed E-state index contributed by atoms with van der Waals surface area (Å²) < 4.78 is 6.72. The van der Waals surface area contributed by atoms with Crippen molar-refractivity contribution in [1.29, 1.82) is 0 Å². The van der Waals surface area contributed by atoms with E-state index in [1.165, 1.54) is 38.4 Å². The molecular formula is C38H40N2O. The van der Waals surface area contributed by atoms with E-state index in [9.17, 15) is 0 Å². The fourth-order valence-electron chi connectivity index (χ4n) is 6.39. The van der Waals surface area contributed by atoms with E-state index < -0.39 is 0 Å². The van der Waals surface area contributed by atoms with Gasteiger partial charge in [-0.25, -0.2) is 0 Å². The van der Waals surface area contributed by atoms with Crippen LogP contribution in [-0.2, 0) is 11.8 Å². The Bertz CT molecular complexity index is 1690. The lowest BCUT2D eigenvalue weighted by Crippen LogP contribution is -2.28. The number of hydrogen-bond donors (Lipinski definition) is 1. The Kier molecular flexibility index (Phi) is 7.69. The van der Waals surface area contributed by atoms with Gasteiger partial charge in [0.15, 0.2) is 11.6 Å². The Labute approximate surface area is 244 Å². The van der Waals surface area contributed by atoms with Crippen LogP contribution in [0.25, 0.3) is 21.5 Å². The van der Waals surface area contributed by atoms with Crippen LogP contribution in [0.3, 0.4) is 0 Å². The lowest BCUT2D eigenvalue weighted by atomic mass is 9.72. The van der Waals surface area contributed by atoms with E-state index in [1.807, 2.05) is 0 Å². The standard InChI is InChI=1S/C38H40N2O/c1-4-25-39-33-21-19-29-15-9-11-17-31(29)36(33)38(3,27-28-13-7-6-8-14-28)24-23-35-40(26-5-2)34-22-20-30-16-10-12-18-32(30)37(34)41-35/h6-23,39H,4-5,24-27H2,1-3H3/b35-23-. The fourth-order valence-corrected chi connectivity index (χ4v) is 6.39. The minimum atomic E-state index is -0.177. The summed E-state index contributed by atoms with van der Waals surface area (Å²) in [5.41, 5.74) is 4.94. The van der Waals surface area contributed by atoms with Gasteiger partial charge in [-0.2, -0.15) is 0 Å². The summed E-state index contributed by atoms with van der Waals surface area (Å²) in [5.74, 6) is 1.92. The van der Waals surface area contributed by atoms with Gasteiger partial charge < -0.3 is 15.0 Å². The van der Waals surface area contributed by atoms with E-state index in [0.29, 0.717) is 0 Å². The van der Waals surface area contributed by atoms with Gasteiger partial charge in [0.25, 0.3) is 0 Å². The summed E-state index contributed by atoms with van der Waals surface area (Å²) in [6, 6.07) is 37.2. The van der Waals surface area contributed by atoms with Crippen molar-refractivity contribution in [2.45, 2.75) is 51.9 Å². The van der Waals surface area contributed by atoms with Crippen LogP contribution in [0.5, 0.6) is 5.75 Å². The molecule has 0 radical (unpaired) electrons. The van der Waals surface area contributed by atoms with Crippen molar-refractivity contribution < 1.29 is 4.74 Å². The Balaban J connectivity index is 1.47. The summed E-state index contributed by atoms with van der Waals surface area (Å²) in [5, 5.41) is 8.75. The van der Waals surface area contributed by atoms with Gasteiger partial charge in [-0.3, -0.25) is 0 Å². The van der Waals surface area contributed by atoms with E-state index in [4.69, 9.17) is 4.74 Å². The molecule has 1 unspecified atom stereocenters. The molecule has 1 aliphatic rings. The molecule has 208 valence electrons. The second kappa shape index (κ2) is 11.7. The predicted molar refractivity (Wildman–Crippen MR) is 175 cm³/mol. The topological polar surface area (TPSA) is 24.5 Å². The van der Waals surface area contributed by atoms with Crippen molar-refractivity contribution in [3.05, 3.63) is 126 Å². The number of benzene rings is 5. The van der Waals surface area contributed by atoms with Gasteiger partial charge in [0.2, 0.25) is 0 Å². The van der Waals surface area contributed by atoms with Crippen molar-refractivity contribution in [2.24, 2.45) is 0 Å². The third-order valence-electron chi connectivity index (χ3n) is 8.33. The molecule has 0 bridgehead atoms. The van der Waals surface area contributed by atoms with Gasteiger partial charge in [0.05, 0.1) is 5.69 Å². The quantitative estimate of drug-likeness (QED) is 0.191. The van der Waals surface area contributed by atoms with Crippen LogP contribution in [0.15, 0.2) is 115 Å². The highest BCUT2D eigenvalue weighted by molar-refractivity contribution is 5.95. The molecule has 6 rings (SSSR count). The van der Waals surface area contributed by atoms with E-state index >= 15 is 0 Å². The highest BCUT2D eigenvalue weighted by atomic mass is 16.5. The highest BCUT2D eigenvalue weighted by Crippen LogP contribution is 2.46. The average Bonchev–Trinajstić information content (AvgIpc) is 3.37. The monoisotopic (exact) mass is 540 g/mol. The van der Waals surface area contributed by atoms with Gasteiger partial charge >= 0.3 is 0 Å². The summed E-state index contributed by atoms with van der Waals surface area (Å²) >= 11 is 0. The number of nitrogens with zero attached hydrogens (tertiary/aromatic N) is 1. The number of fused-ring (bicyclic) bond motifs is 4. The molecule has 5 aromatic carbocycles. The molecule has 1 atom stereocenters. The molecular weight excluding hydrogens is 500 g/mol. The molecule has 0 aliphatic carbocycles. The largest absolute Gasteiger partial charge is 0.438 e. The number of nitrogens with one attached hydrogen (secondary N) is 1. The predicted octanol–water partition coefficient (Wildman–Crippen LogP) is 9.86. The smallest absolute Gasteiger partial charge is 0.196 e. The average molecular weight is 541 g/mol. The maximum atomic E-state index is 6.72. The minimum absolute atomic E-state index is 0.177. The highest BCUT2D eigenvalue weighted by Gasteiger charge is 2.33. The van der Waals surface area contributed by atoms with E-state index in [0.717, 1.165) is 56.1 Å². The van der Waals surface area contributed by atoms with Gasteiger partial charge in [0.1, 0.15) is 0 Å². The zero-order chi connectivity index (χ0) is 28.2.